The Kier molecular flexibility index (Phi) is 4.37. The summed E-state index contributed by atoms with van der Waals surface area (Å²) >= 11 is 0. The highest BCUT2D eigenvalue weighted by atomic mass is 16.5. The minimum Gasteiger partial charge on any atom is -0.376 e. The van der Waals surface area contributed by atoms with Gasteiger partial charge in [0, 0.05) is 6.61 Å². The second-order valence-electron chi connectivity index (χ2n) is 4.64. The molecule has 0 bridgehead atoms. The van der Waals surface area contributed by atoms with E-state index in [0.717, 1.165) is 19.6 Å². The van der Waals surface area contributed by atoms with Gasteiger partial charge in [-0.1, -0.05) is 37.3 Å². The van der Waals surface area contributed by atoms with E-state index in [9.17, 15) is 0 Å². The monoisotopic (exact) mass is 220 g/mol. The van der Waals surface area contributed by atoms with E-state index in [-0.39, 0.29) is 0 Å². The molecule has 16 heavy (non-hydrogen) atoms. The van der Waals surface area contributed by atoms with Crippen LogP contribution >= 0.6 is 0 Å². The van der Waals surface area contributed by atoms with Crippen LogP contribution in [0.25, 0.3) is 0 Å². The van der Waals surface area contributed by atoms with Crippen molar-refractivity contribution in [3.05, 3.63) is 35.9 Å². The van der Waals surface area contributed by atoms with Crippen LogP contribution in [0.2, 0.25) is 0 Å². The molecule has 2 heteroatoms. The van der Waals surface area contributed by atoms with Gasteiger partial charge in [0.25, 0.3) is 0 Å². The summed E-state index contributed by atoms with van der Waals surface area (Å²) in [5, 5.41) is 0. The Balaban J connectivity index is 1.65. The molecule has 0 N–H and O–H groups in total. The van der Waals surface area contributed by atoms with Crippen molar-refractivity contribution in [1.82, 2.24) is 0 Å². The third kappa shape index (κ3) is 3.62. The van der Waals surface area contributed by atoms with Gasteiger partial charge in [0.15, 0.2) is 0 Å². The Morgan fingerprint density at radius 2 is 2.06 bits per heavy atom. The first-order valence-electron chi connectivity index (χ1n) is 6.08. The predicted molar refractivity (Wildman–Crippen MR) is 64.2 cm³/mol. The zero-order chi connectivity index (χ0) is 11.2. The molecular weight excluding hydrogens is 200 g/mol. The van der Waals surface area contributed by atoms with E-state index in [4.69, 9.17) is 9.47 Å². The van der Waals surface area contributed by atoms with E-state index >= 15 is 0 Å². The molecule has 2 nitrogen and oxygen atoms in total. The lowest BCUT2D eigenvalue weighted by Crippen LogP contribution is -2.28. The van der Waals surface area contributed by atoms with Gasteiger partial charge >= 0.3 is 0 Å². The average molecular weight is 220 g/mol. The highest BCUT2D eigenvalue weighted by molar-refractivity contribution is 5.13. The van der Waals surface area contributed by atoms with Gasteiger partial charge in [-0.05, 0) is 24.3 Å². The minimum atomic E-state index is 0.305. The first kappa shape index (κ1) is 11.6. The molecule has 0 amide bonds. The van der Waals surface area contributed by atoms with Crippen molar-refractivity contribution in [2.75, 3.05) is 13.2 Å². The lowest BCUT2D eigenvalue weighted by atomic mass is 10.0. The van der Waals surface area contributed by atoms with Gasteiger partial charge in [-0.15, -0.1) is 0 Å². The third-order valence-corrected chi connectivity index (χ3v) is 3.01. The molecule has 0 radical (unpaired) electrons. The highest BCUT2D eigenvalue weighted by Crippen LogP contribution is 2.18. The van der Waals surface area contributed by atoms with Gasteiger partial charge < -0.3 is 9.47 Å². The lowest BCUT2D eigenvalue weighted by Gasteiger charge is -2.26. The molecule has 0 unspecified atom stereocenters. The summed E-state index contributed by atoms with van der Waals surface area (Å²) in [6.45, 7) is 4.54. The van der Waals surface area contributed by atoms with Crippen LogP contribution in [0.5, 0.6) is 0 Å². The van der Waals surface area contributed by atoms with Gasteiger partial charge in [0.05, 0.1) is 19.3 Å². The SMILES string of the molecule is C[C@H]1CC[C@H](COCc2ccccc2)OC1. The molecule has 1 aromatic carbocycles. The van der Waals surface area contributed by atoms with E-state index < -0.39 is 0 Å². The standard InChI is InChI=1S/C14H20O2/c1-12-7-8-14(16-9-12)11-15-10-13-5-3-2-4-6-13/h2-6,12,14H,7-11H2,1H3/t12-,14+/m0/s1. The fourth-order valence-corrected chi connectivity index (χ4v) is 1.95. The molecule has 1 aliphatic rings. The summed E-state index contributed by atoms with van der Waals surface area (Å²) in [5.74, 6) is 0.713. The molecule has 88 valence electrons. The predicted octanol–water partition coefficient (Wildman–Crippen LogP) is 3.02. The average Bonchev–Trinajstić information content (AvgIpc) is 2.33. The molecule has 0 aliphatic carbocycles. The van der Waals surface area contributed by atoms with Crippen molar-refractivity contribution in [1.29, 1.82) is 0 Å². The zero-order valence-corrected chi connectivity index (χ0v) is 9.89. The van der Waals surface area contributed by atoms with Crippen LogP contribution in [0.1, 0.15) is 25.3 Å². The summed E-state index contributed by atoms with van der Waals surface area (Å²) in [6, 6.07) is 10.3. The molecule has 0 aromatic heterocycles. The maximum absolute atomic E-state index is 5.70. The molecule has 0 saturated carbocycles. The van der Waals surface area contributed by atoms with E-state index in [0.29, 0.717) is 18.6 Å². The van der Waals surface area contributed by atoms with Gasteiger partial charge in [-0.25, -0.2) is 0 Å². The largest absolute Gasteiger partial charge is 0.376 e. The molecule has 1 aliphatic heterocycles. The van der Waals surface area contributed by atoms with Crippen LogP contribution in [0.4, 0.5) is 0 Å². The summed E-state index contributed by atoms with van der Waals surface area (Å²) in [7, 11) is 0. The first-order valence-corrected chi connectivity index (χ1v) is 6.08. The Labute approximate surface area is 97.6 Å². The molecule has 1 heterocycles. The fraction of sp³-hybridized carbons (Fsp3) is 0.571. The van der Waals surface area contributed by atoms with Gasteiger partial charge in [0.1, 0.15) is 0 Å². The minimum absolute atomic E-state index is 0.305. The normalized spacial score (nSPS) is 25.6. The van der Waals surface area contributed by atoms with E-state index in [1.165, 1.54) is 12.0 Å². The maximum Gasteiger partial charge on any atom is 0.0808 e. The quantitative estimate of drug-likeness (QED) is 0.776. The molecule has 1 saturated heterocycles. The van der Waals surface area contributed by atoms with Crippen LogP contribution in [-0.2, 0) is 16.1 Å². The summed E-state index contributed by atoms with van der Waals surface area (Å²) in [5.41, 5.74) is 1.23. The maximum atomic E-state index is 5.70. The van der Waals surface area contributed by atoms with Gasteiger partial charge in [-0.3, -0.25) is 0 Å². The van der Waals surface area contributed by atoms with E-state index in [1.807, 2.05) is 18.2 Å². The second kappa shape index (κ2) is 6.02. The molecule has 0 spiro atoms. The third-order valence-electron chi connectivity index (χ3n) is 3.01. The number of hydrogen-bond acceptors (Lipinski definition) is 2. The highest BCUT2D eigenvalue weighted by Gasteiger charge is 2.18. The molecule has 2 atom stereocenters. The Bertz CT molecular complexity index is 289. The smallest absolute Gasteiger partial charge is 0.0808 e. The topological polar surface area (TPSA) is 18.5 Å². The van der Waals surface area contributed by atoms with Crippen LogP contribution in [0.15, 0.2) is 30.3 Å². The van der Waals surface area contributed by atoms with Crippen molar-refractivity contribution in [2.45, 2.75) is 32.5 Å². The van der Waals surface area contributed by atoms with Crippen LogP contribution in [-0.4, -0.2) is 19.3 Å². The fourth-order valence-electron chi connectivity index (χ4n) is 1.95. The lowest BCUT2D eigenvalue weighted by molar-refractivity contribution is -0.0612. The number of hydrogen-bond donors (Lipinski definition) is 0. The van der Waals surface area contributed by atoms with E-state index in [2.05, 4.69) is 19.1 Å². The van der Waals surface area contributed by atoms with Crippen LogP contribution in [0.3, 0.4) is 0 Å². The Morgan fingerprint density at radius 3 is 2.75 bits per heavy atom. The number of benzene rings is 1. The molecule has 1 fully saturated rings. The molecule has 2 rings (SSSR count). The second-order valence-corrected chi connectivity index (χ2v) is 4.64. The Hall–Kier alpha value is -0.860. The number of ether oxygens (including phenoxy) is 2. The van der Waals surface area contributed by atoms with Gasteiger partial charge in [0.2, 0.25) is 0 Å². The van der Waals surface area contributed by atoms with Crippen molar-refractivity contribution < 1.29 is 9.47 Å². The molecular formula is C14H20O2. The first-order chi connectivity index (χ1) is 7.84. The van der Waals surface area contributed by atoms with Crippen molar-refractivity contribution in [3.63, 3.8) is 0 Å². The van der Waals surface area contributed by atoms with Crippen molar-refractivity contribution >= 4 is 0 Å². The van der Waals surface area contributed by atoms with E-state index in [1.54, 1.807) is 0 Å². The summed E-state index contributed by atoms with van der Waals surface area (Å²) in [6.07, 6.45) is 2.70. The van der Waals surface area contributed by atoms with Gasteiger partial charge in [-0.2, -0.15) is 0 Å². The molecule has 1 aromatic rings. The van der Waals surface area contributed by atoms with Crippen molar-refractivity contribution in [3.8, 4) is 0 Å². The van der Waals surface area contributed by atoms with Crippen LogP contribution < -0.4 is 0 Å². The van der Waals surface area contributed by atoms with Crippen molar-refractivity contribution in [2.24, 2.45) is 5.92 Å². The van der Waals surface area contributed by atoms with Crippen LogP contribution in [0, 0.1) is 5.92 Å². The Morgan fingerprint density at radius 1 is 1.25 bits per heavy atom. The summed E-state index contributed by atoms with van der Waals surface area (Å²) < 4.78 is 11.4. The number of rotatable bonds is 4. The zero-order valence-electron chi connectivity index (χ0n) is 9.89. The summed E-state index contributed by atoms with van der Waals surface area (Å²) in [4.78, 5) is 0.